The summed E-state index contributed by atoms with van der Waals surface area (Å²) in [5.74, 6) is 0.761. The molecule has 58 heavy (non-hydrogen) atoms. The van der Waals surface area contributed by atoms with Gasteiger partial charge in [0.25, 0.3) is 0 Å². The predicted molar refractivity (Wildman–Crippen MR) is 252 cm³/mol. The number of aryl methyl sites for hydroxylation is 2. The van der Waals surface area contributed by atoms with Crippen molar-refractivity contribution < 1.29 is 0 Å². The number of halogens is 1. The Morgan fingerprint density at radius 1 is 0.414 bits per heavy atom. The summed E-state index contributed by atoms with van der Waals surface area (Å²) in [6.45, 7) is 0. The maximum Gasteiger partial charge on any atom is 0.174 e. The van der Waals surface area contributed by atoms with Gasteiger partial charge in [-0.1, -0.05) is 146 Å². The SMILES string of the molecule is c1ccc(C2=NC(c3ccccc3)=IC(n3c4ccccc4c4cc(-c5ccc(-n6c7ccccc7c7c8c(ccc76)-c6ccccc6CC8)cc5)ccc43)=N2)cc1. The Morgan fingerprint density at radius 3 is 1.86 bits per heavy atom. The zero-order valence-electron chi connectivity index (χ0n) is 31.5. The molecule has 2 aliphatic rings. The van der Waals surface area contributed by atoms with E-state index >= 15 is 0 Å². The molecule has 0 saturated carbocycles. The highest BCUT2D eigenvalue weighted by molar-refractivity contribution is 14.2. The van der Waals surface area contributed by atoms with Crippen molar-refractivity contribution >= 4 is 77.7 Å². The second-order valence-electron chi connectivity index (χ2n) is 15.1. The van der Waals surface area contributed by atoms with E-state index in [4.69, 9.17) is 9.98 Å². The minimum atomic E-state index is -0.693. The quantitative estimate of drug-likeness (QED) is 0.158. The van der Waals surface area contributed by atoms with Crippen LogP contribution in [-0.2, 0) is 12.8 Å². The van der Waals surface area contributed by atoms with E-state index in [0.717, 1.165) is 42.8 Å². The molecule has 1 aliphatic heterocycles. The summed E-state index contributed by atoms with van der Waals surface area (Å²) in [6, 6.07) is 68.3. The molecule has 1 aliphatic carbocycles. The van der Waals surface area contributed by atoms with Crippen molar-refractivity contribution in [2.75, 3.05) is 0 Å². The Hall–Kier alpha value is -6.70. The molecule has 274 valence electrons. The lowest BCUT2D eigenvalue weighted by Gasteiger charge is -2.21. The lowest BCUT2D eigenvalue weighted by Crippen LogP contribution is -2.15. The summed E-state index contributed by atoms with van der Waals surface area (Å²) in [5, 5.41) is 5.15. The van der Waals surface area contributed by atoms with Crippen LogP contribution in [0.4, 0.5) is 0 Å². The van der Waals surface area contributed by atoms with Crippen LogP contribution in [0.25, 0.3) is 71.6 Å². The van der Waals surface area contributed by atoms with Gasteiger partial charge in [-0.05, 0) is 109 Å². The van der Waals surface area contributed by atoms with Gasteiger partial charge in [0, 0.05) is 38.4 Å². The fraction of sp³-hybridized carbons (Fsp3) is 0.0377. The number of aliphatic imine (C=N–C) groups is 2. The van der Waals surface area contributed by atoms with E-state index in [2.05, 4.69) is 191 Å². The van der Waals surface area contributed by atoms with Gasteiger partial charge in [0.1, 0.15) is 3.63 Å². The topological polar surface area (TPSA) is 34.6 Å². The van der Waals surface area contributed by atoms with Crippen LogP contribution in [-0.4, -0.2) is 22.4 Å². The lowest BCUT2D eigenvalue weighted by molar-refractivity contribution is 0.951. The number of rotatable bonds is 4. The third kappa shape index (κ3) is 5.30. The van der Waals surface area contributed by atoms with Gasteiger partial charge in [0.15, 0.2) is 9.68 Å². The molecule has 0 amide bonds. The summed E-state index contributed by atoms with van der Waals surface area (Å²) >= 11 is -0.693. The number of hydrogen-bond acceptors (Lipinski definition) is 2. The number of nitrogens with zero attached hydrogens (tertiary/aromatic N) is 4. The van der Waals surface area contributed by atoms with Gasteiger partial charge in [0.2, 0.25) is 0 Å². The average Bonchev–Trinajstić information content (AvgIpc) is 3.82. The van der Waals surface area contributed by atoms with Crippen molar-refractivity contribution in [2.45, 2.75) is 12.8 Å². The second kappa shape index (κ2) is 13.5. The third-order valence-corrected chi connectivity index (χ3v) is 14.4. The minimum Gasteiger partial charge on any atom is -0.309 e. The van der Waals surface area contributed by atoms with Gasteiger partial charge in [0.05, 0.1) is 22.1 Å². The molecule has 0 bridgehead atoms. The Bertz CT molecular complexity index is 3330. The first kappa shape index (κ1) is 33.4. The average molecular weight is 855 g/mol. The zero-order valence-corrected chi connectivity index (χ0v) is 33.6. The summed E-state index contributed by atoms with van der Waals surface area (Å²) in [6.07, 6.45) is 2.13. The molecule has 10 aromatic rings. The monoisotopic (exact) mass is 854 g/mol. The molecule has 0 atom stereocenters. The maximum atomic E-state index is 5.32. The summed E-state index contributed by atoms with van der Waals surface area (Å²) < 4.78 is 7.05. The van der Waals surface area contributed by atoms with Crippen LogP contribution < -0.4 is 0 Å². The number of aromatic nitrogens is 2. The van der Waals surface area contributed by atoms with Crippen molar-refractivity contribution in [3.05, 3.63) is 210 Å². The first-order valence-electron chi connectivity index (χ1n) is 19.8. The molecule has 2 aromatic heterocycles. The number of para-hydroxylation sites is 2. The van der Waals surface area contributed by atoms with E-state index in [9.17, 15) is 0 Å². The molecule has 4 nitrogen and oxygen atoms in total. The van der Waals surface area contributed by atoms with Crippen LogP contribution in [0.5, 0.6) is 0 Å². The summed E-state index contributed by atoms with van der Waals surface area (Å²) in [7, 11) is 0. The van der Waals surface area contributed by atoms with E-state index in [1.54, 1.807) is 0 Å². The van der Waals surface area contributed by atoms with E-state index in [-0.39, 0.29) is 0 Å². The molecular weight excluding hydrogens is 820 g/mol. The molecule has 0 saturated heterocycles. The maximum absolute atomic E-state index is 5.32. The molecular formula is C53H35IN4. The molecule has 0 fully saturated rings. The second-order valence-corrected chi connectivity index (χ2v) is 17.6. The predicted octanol–water partition coefficient (Wildman–Crippen LogP) is 13.1. The molecule has 0 N–H and O–H groups in total. The highest BCUT2D eigenvalue weighted by Gasteiger charge is 2.23. The van der Waals surface area contributed by atoms with Gasteiger partial charge in [-0.3, -0.25) is 4.57 Å². The minimum absolute atomic E-state index is 0.693. The Labute approximate surface area is 345 Å². The van der Waals surface area contributed by atoms with Crippen LogP contribution in [0.15, 0.2) is 198 Å². The van der Waals surface area contributed by atoms with Crippen LogP contribution in [0.3, 0.4) is 0 Å². The van der Waals surface area contributed by atoms with Crippen LogP contribution in [0.1, 0.15) is 22.3 Å². The van der Waals surface area contributed by atoms with Crippen molar-refractivity contribution in [1.82, 2.24) is 9.13 Å². The van der Waals surface area contributed by atoms with E-state index in [1.807, 2.05) is 6.07 Å². The van der Waals surface area contributed by atoms with E-state index in [0.29, 0.717) is 0 Å². The van der Waals surface area contributed by atoms with Crippen molar-refractivity contribution in [3.8, 4) is 27.9 Å². The van der Waals surface area contributed by atoms with Gasteiger partial charge < -0.3 is 4.57 Å². The lowest BCUT2D eigenvalue weighted by atomic mass is 9.83. The highest BCUT2D eigenvalue weighted by atomic mass is 127. The summed E-state index contributed by atoms with van der Waals surface area (Å²) in [5.41, 5.74) is 16.3. The number of amidine groups is 1. The molecule has 0 unspecified atom stereocenters. The van der Waals surface area contributed by atoms with E-state index in [1.165, 1.54) is 77.2 Å². The first-order chi connectivity index (χ1) is 28.8. The van der Waals surface area contributed by atoms with Crippen molar-refractivity contribution in [3.63, 3.8) is 0 Å². The van der Waals surface area contributed by atoms with Crippen molar-refractivity contribution in [1.29, 1.82) is 0 Å². The number of benzene rings is 8. The standard InChI is InChI=1S/C53H35IN4/c1-3-14-36(15-4-1)51-54-53(56-52(55-51)37-16-5-2-6-17-37)58-46-21-11-9-19-42(46)45-33-38(26-31-48(45)58)34-23-27-39(28-24-34)57-47-22-12-10-20-44(47)50-43-29-25-35-13-7-8-18-40(35)41(43)30-32-49(50)57/h1-24,26-28,30-33H,25,29H2. The number of hydrogen-bond donors (Lipinski definition) is 0. The number of fused-ring (bicyclic) bond motifs is 10. The molecule has 3 heterocycles. The van der Waals surface area contributed by atoms with Crippen LogP contribution >= 0.6 is 20.7 Å². The normalized spacial score (nSPS) is 13.8. The molecule has 8 aromatic carbocycles. The molecule has 0 radical (unpaired) electrons. The smallest absolute Gasteiger partial charge is 0.174 e. The van der Waals surface area contributed by atoms with Gasteiger partial charge >= 0.3 is 0 Å². The van der Waals surface area contributed by atoms with E-state index < -0.39 is 20.7 Å². The molecule has 5 heteroatoms. The Kier molecular flexibility index (Phi) is 7.76. The first-order valence-corrected chi connectivity index (χ1v) is 22.0. The third-order valence-electron chi connectivity index (χ3n) is 11.8. The molecule has 0 spiro atoms. The zero-order chi connectivity index (χ0) is 38.2. The van der Waals surface area contributed by atoms with Crippen LogP contribution in [0.2, 0.25) is 0 Å². The Morgan fingerprint density at radius 2 is 1.05 bits per heavy atom. The van der Waals surface area contributed by atoms with Gasteiger partial charge in [-0.2, -0.15) is 0 Å². The fourth-order valence-corrected chi connectivity index (χ4v) is 11.8. The Balaban J connectivity index is 0.969. The van der Waals surface area contributed by atoms with Crippen LogP contribution in [0, 0.1) is 0 Å². The largest absolute Gasteiger partial charge is 0.309 e. The van der Waals surface area contributed by atoms with Gasteiger partial charge in [-0.15, -0.1) is 0 Å². The molecule has 12 rings (SSSR count). The van der Waals surface area contributed by atoms with Crippen molar-refractivity contribution in [2.24, 2.45) is 9.98 Å². The van der Waals surface area contributed by atoms with Gasteiger partial charge in [-0.25, -0.2) is 9.98 Å². The summed E-state index contributed by atoms with van der Waals surface area (Å²) in [4.78, 5) is 10.5. The fourth-order valence-electron chi connectivity index (χ4n) is 9.17. The highest BCUT2D eigenvalue weighted by Crippen LogP contribution is 2.43.